The number of fused-ring (bicyclic) bond motifs is 2. The summed E-state index contributed by atoms with van der Waals surface area (Å²) in [4.78, 5) is 34.1. The largest absolute Gasteiger partial charge is 0.287 e. The zero-order valence-corrected chi connectivity index (χ0v) is 11.4. The van der Waals surface area contributed by atoms with Gasteiger partial charge in [-0.15, -0.1) is 0 Å². The minimum absolute atomic E-state index is 0.0861. The van der Waals surface area contributed by atoms with Gasteiger partial charge in [0, 0.05) is 23.0 Å². The quantitative estimate of drug-likeness (QED) is 0.676. The molecule has 4 aliphatic rings. The number of nitrogens with zero attached hydrogens (tertiary/aromatic N) is 2. The molecule has 1 heterocycles. The Labute approximate surface area is 116 Å². The summed E-state index contributed by atoms with van der Waals surface area (Å²) in [6.07, 6.45) is 6.04. The first-order valence-electron chi connectivity index (χ1n) is 6.95. The van der Waals surface area contributed by atoms with E-state index < -0.39 is 0 Å². The van der Waals surface area contributed by atoms with Crippen LogP contribution in [0.4, 0.5) is 0 Å². The number of hydrogen-bond acceptors (Lipinski definition) is 4. The Morgan fingerprint density at radius 3 is 1.60 bits per heavy atom. The van der Waals surface area contributed by atoms with Gasteiger partial charge in [-0.3, -0.25) is 9.59 Å². The Hall–Kier alpha value is -2.10. The standard InChI is InChI=1S/C16H14N2O2/c1-7-8(2)18-14-13(17-7)15(19)11-9-3-5-10(6-4-9)12(11)16(14)20/h3,5,9-10H,4,6H2,1-2H3/t9-,10-/m0/s1. The Balaban J connectivity index is 1.98. The molecule has 100 valence electrons. The van der Waals surface area contributed by atoms with Crippen molar-refractivity contribution in [3.05, 3.63) is 46.1 Å². The van der Waals surface area contributed by atoms with Gasteiger partial charge < -0.3 is 0 Å². The number of ketones is 2. The van der Waals surface area contributed by atoms with Crippen molar-refractivity contribution in [1.29, 1.82) is 0 Å². The Morgan fingerprint density at radius 1 is 0.850 bits per heavy atom. The van der Waals surface area contributed by atoms with E-state index in [1.807, 2.05) is 13.8 Å². The first-order chi connectivity index (χ1) is 9.58. The Morgan fingerprint density at radius 2 is 1.25 bits per heavy atom. The maximum Gasteiger partial charge on any atom is 0.210 e. The van der Waals surface area contributed by atoms with Crippen molar-refractivity contribution < 1.29 is 9.59 Å². The van der Waals surface area contributed by atoms with Crippen molar-refractivity contribution in [2.75, 3.05) is 0 Å². The molecule has 0 unspecified atom stereocenters. The molecule has 0 saturated heterocycles. The minimum atomic E-state index is -0.0933. The molecule has 0 amide bonds. The van der Waals surface area contributed by atoms with Gasteiger partial charge in [-0.05, 0) is 26.7 Å². The second kappa shape index (κ2) is 3.72. The van der Waals surface area contributed by atoms with Crippen LogP contribution in [0.1, 0.15) is 45.2 Å². The van der Waals surface area contributed by atoms with E-state index in [-0.39, 0.29) is 34.8 Å². The molecule has 4 nitrogen and oxygen atoms in total. The normalized spacial score (nSPS) is 26.9. The number of aromatic nitrogens is 2. The van der Waals surface area contributed by atoms with Gasteiger partial charge >= 0.3 is 0 Å². The summed E-state index contributed by atoms with van der Waals surface area (Å²) in [6.45, 7) is 3.63. The highest BCUT2D eigenvalue weighted by atomic mass is 16.1. The number of carbonyl (C=O) groups excluding carboxylic acids is 2. The van der Waals surface area contributed by atoms with Gasteiger partial charge in [-0.2, -0.15) is 0 Å². The van der Waals surface area contributed by atoms with E-state index in [1.54, 1.807) is 0 Å². The van der Waals surface area contributed by atoms with Gasteiger partial charge in [-0.25, -0.2) is 9.97 Å². The molecule has 0 radical (unpaired) electrons. The summed E-state index contributed by atoms with van der Waals surface area (Å²) < 4.78 is 0. The third-order valence-electron chi connectivity index (χ3n) is 4.62. The zero-order valence-electron chi connectivity index (χ0n) is 11.4. The molecular weight excluding hydrogens is 252 g/mol. The van der Waals surface area contributed by atoms with E-state index in [2.05, 4.69) is 22.1 Å². The lowest BCUT2D eigenvalue weighted by atomic mass is 9.66. The molecule has 0 fully saturated rings. The van der Waals surface area contributed by atoms with Gasteiger partial charge in [0.05, 0.1) is 11.4 Å². The van der Waals surface area contributed by atoms with E-state index >= 15 is 0 Å². The van der Waals surface area contributed by atoms with Crippen LogP contribution in [0.25, 0.3) is 0 Å². The second-order valence-corrected chi connectivity index (χ2v) is 5.75. The lowest BCUT2D eigenvalue weighted by Crippen LogP contribution is -2.36. The summed E-state index contributed by atoms with van der Waals surface area (Å²) in [5.74, 6) is -0.0143. The molecule has 0 aromatic carbocycles. The number of aryl methyl sites for hydroxylation is 2. The average Bonchev–Trinajstić information content (AvgIpc) is 2.47. The van der Waals surface area contributed by atoms with Gasteiger partial charge in [-0.1, -0.05) is 12.2 Å². The van der Waals surface area contributed by atoms with Gasteiger partial charge in [0.1, 0.15) is 11.4 Å². The Bertz CT molecular complexity index is 682. The van der Waals surface area contributed by atoms with Crippen LogP contribution < -0.4 is 0 Å². The first kappa shape index (κ1) is 11.7. The van der Waals surface area contributed by atoms with E-state index in [9.17, 15) is 9.59 Å². The number of rotatable bonds is 0. The SMILES string of the molecule is Cc1nc2c(nc1C)C(=O)C1=C(C2=O)[C@H]2C=C[C@H]1CC2. The van der Waals surface area contributed by atoms with Crippen LogP contribution >= 0.6 is 0 Å². The predicted molar refractivity (Wildman–Crippen MR) is 72.5 cm³/mol. The summed E-state index contributed by atoms with van der Waals surface area (Å²) in [7, 11) is 0. The van der Waals surface area contributed by atoms with Crippen molar-refractivity contribution in [2.24, 2.45) is 11.8 Å². The third kappa shape index (κ3) is 1.31. The summed E-state index contributed by atoms with van der Waals surface area (Å²) in [6, 6.07) is 0. The average molecular weight is 266 g/mol. The number of allylic oxidation sites excluding steroid dienone is 4. The molecule has 0 N–H and O–H groups in total. The predicted octanol–water partition coefficient (Wildman–Crippen LogP) is 2.37. The lowest BCUT2D eigenvalue weighted by molar-refractivity contribution is 0.0941. The summed E-state index contributed by atoms with van der Waals surface area (Å²) >= 11 is 0. The summed E-state index contributed by atoms with van der Waals surface area (Å²) in [5.41, 5.74) is 3.28. The molecule has 4 heteroatoms. The van der Waals surface area contributed by atoms with Crippen molar-refractivity contribution in [1.82, 2.24) is 9.97 Å². The smallest absolute Gasteiger partial charge is 0.210 e. The van der Waals surface area contributed by atoms with Crippen molar-refractivity contribution in [2.45, 2.75) is 26.7 Å². The second-order valence-electron chi connectivity index (χ2n) is 5.75. The summed E-state index contributed by atoms with van der Waals surface area (Å²) in [5, 5.41) is 0. The molecule has 0 aliphatic heterocycles. The maximum absolute atomic E-state index is 12.7. The van der Waals surface area contributed by atoms with E-state index in [1.165, 1.54) is 0 Å². The molecule has 1 aromatic heterocycles. The van der Waals surface area contributed by atoms with Crippen LogP contribution in [0.2, 0.25) is 0 Å². The number of carbonyl (C=O) groups is 2. The monoisotopic (exact) mass is 266 g/mol. The van der Waals surface area contributed by atoms with E-state index in [4.69, 9.17) is 0 Å². The topological polar surface area (TPSA) is 59.9 Å². The van der Waals surface area contributed by atoms with E-state index in [0.717, 1.165) is 12.8 Å². The molecule has 4 aliphatic carbocycles. The fourth-order valence-corrected chi connectivity index (χ4v) is 3.46. The highest BCUT2D eigenvalue weighted by Crippen LogP contribution is 2.45. The maximum atomic E-state index is 12.7. The first-order valence-corrected chi connectivity index (χ1v) is 6.95. The van der Waals surface area contributed by atoms with E-state index in [0.29, 0.717) is 22.5 Å². The molecule has 20 heavy (non-hydrogen) atoms. The Kier molecular flexibility index (Phi) is 2.18. The van der Waals surface area contributed by atoms with Crippen molar-refractivity contribution >= 4 is 11.6 Å². The van der Waals surface area contributed by atoms with Crippen LogP contribution in [-0.2, 0) is 0 Å². The number of hydrogen-bond donors (Lipinski definition) is 0. The molecular formula is C16H14N2O2. The van der Waals surface area contributed by atoms with Crippen LogP contribution in [0.3, 0.4) is 0 Å². The van der Waals surface area contributed by atoms with Crippen molar-refractivity contribution in [3.63, 3.8) is 0 Å². The van der Waals surface area contributed by atoms with Gasteiger partial charge in [0.15, 0.2) is 0 Å². The third-order valence-corrected chi connectivity index (χ3v) is 4.62. The highest BCUT2D eigenvalue weighted by Gasteiger charge is 2.44. The van der Waals surface area contributed by atoms with Crippen molar-refractivity contribution in [3.8, 4) is 0 Å². The molecule has 0 spiro atoms. The molecule has 5 rings (SSSR count). The minimum Gasteiger partial charge on any atom is -0.287 e. The molecule has 0 saturated carbocycles. The van der Waals surface area contributed by atoms with Crippen LogP contribution in [0, 0.1) is 25.7 Å². The molecule has 2 bridgehead atoms. The van der Waals surface area contributed by atoms with Gasteiger partial charge in [0.25, 0.3) is 0 Å². The fraction of sp³-hybridized carbons (Fsp3) is 0.375. The fourth-order valence-electron chi connectivity index (χ4n) is 3.46. The van der Waals surface area contributed by atoms with Crippen LogP contribution in [-0.4, -0.2) is 21.5 Å². The highest BCUT2D eigenvalue weighted by molar-refractivity contribution is 6.26. The van der Waals surface area contributed by atoms with Crippen LogP contribution in [0.15, 0.2) is 23.3 Å². The molecule has 2 atom stereocenters. The van der Waals surface area contributed by atoms with Crippen LogP contribution in [0.5, 0.6) is 0 Å². The lowest BCUT2D eigenvalue weighted by Gasteiger charge is -2.36. The zero-order chi connectivity index (χ0) is 14.0. The van der Waals surface area contributed by atoms with Gasteiger partial charge in [0.2, 0.25) is 11.6 Å². The number of Topliss-reactive ketones (excluding diaryl/α,β-unsaturated/α-hetero) is 2. The molecule has 1 aromatic rings.